The van der Waals surface area contributed by atoms with Crippen LogP contribution in [0.4, 0.5) is 0 Å². The smallest absolute Gasteiger partial charge is 0.305 e. The minimum Gasteiger partial charge on any atom is -0.466 e. The average Bonchev–Trinajstić information content (AvgIpc) is 3.32. The molecule has 0 saturated carbocycles. The van der Waals surface area contributed by atoms with E-state index in [0.29, 0.717) is 32.3 Å². The van der Waals surface area contributed by atoms with Crippen molar-refractivity contribution >= 4 is 11.9 Å². The van der Waals surface area contributed by atoms with E-state index in [2.05, 4.69) is 37.4 Å². The number of allylic oxidation sites excluding steroid dienone is 4. The van der Waals surface area contributed by atoms with Crippen LogP contribution in [0, 0.1) is 0 Å². The fourth-order valence-electron chi connectivity index (χ4n) is 9.22. The van der Waals surface area contributed by atoms with Crippen molar-refractivity contribution in [1.29, 1.82) is 0 Å². The number of rotatable bonds is 55. The molecular weight excluding hydrogens is 815 g/mol. The van der Waals surface area contributed by atoms with Crippen molar-refractivity contribution in [3.63, 3.8) is 0 Å². The Labute approximate surface area is 411 Å². The molecule has 1 amide bonds. The van der Waals surface area contributed by atoms with Crippen molar-refractivity contribution < 1.29 is 24.5 Å². The largest absolute Gasteiger partial charge is 0.466 e. The molecule has 6 nitrogen and oxygen atoms in total. The van der Waals surface area contributed by atoms with Crippen LogP contribution in [0.25, 0.3) is 0 Å². The highest BCUT2D eigenvalue weighted by molar-refractivity contribution is 5.76. The van der Waals surface area contributed by atoms with Crippen LogP contribution in [0.5, 0.6) is 0 Å². The molecule has 0 aliphatic heterocycles. The predicted molar refractivity (Wildman–Crippen MR) is 287 cm³/mol. The van der Waals surface area contributed by atoms with Crippen LogP contribution in [0.15, 0.2) is 24.3 Å². The summed E-state index contributed by atoms with van der Waals surface area (Å²) in [7, 11) is 0. The Morgan fingerprint density at radius 1 is 0.424 bits per heavy atom. The van der Waals surface area contributed by atoms with Crippen LogP contribution in [0.1, 0.15) is 322 Å². The monoisotopic (exact) mass is 930 g/mol. The van der Waals surface area contributed by atoms with Crippen molar-refractivity contribution in [2.24, 2.45) is 0 Å². The van der Waals surface area contributed by atoms with Gasteiger partial charge in [0.1, 0.15) is 0 Å². The predicted octanol–water partition coefficient (Wildman–Crippen LogP) is 18.2. The van der Waals surface area contributed by atoms with Gasteiger partial charge in [0.2, 0.25) is 5.91 Å². The first-order valence-corrected chi connectivity index (χ1v) is 29.6. The number of esters is 1. The van der Waals surface area contributed by atoms with Crippen LogP contribution in [-0.4, -0.2) is 47.4 Å². The number of ether oxygens (including phenoxy) is 1. The summed E-state index contributed by atoms with van der Waals surface area (Å²) in [5, 5.41) is 23.3. The molecule has 3 N–H and O–H groups in total. The highest BCUT2D eigenvalue weighted by Crippen LogP contribution is 2.18. The van der Waals surface area contributed by atoms with Crippen molar-refractivity contribution in [3.05, 3.63) is 24.3 Å². The van der Waals surface area contributed by atoms with Gasteiger partial charge >= 0.3 is 5.97 Å². The summed E-state index contributed by atoms with van der Waals surface area (Å²) in [6.45, 7) is 4.91. The molecule has 2 atom stereocenters. The van der Waals surface area contributed by atoms with Gasteiger partial charge in [-0.15, -0.1) is 0 Å². The second kappa shape index (κ2) is 55.9. The van der Waals surface area contributed by atoms with Gasteiger partial charge in [0.05, 0.1) is 25.4 Å². The number of aliphatic hydroxyl groups excluding tert-OH is 2. The second-order valence-corrected chi connectivity index (χ2v) is 20.3. The van der Waals surface area contributed by atoms with Crippen molar-refractivity contribution in [3.8, 4) is 0 Å². The summed E-state index contributed by atoms with van der Waals surface area (Å²) in [5.41, 5.74) is 0. The van der Waals surface area contributed by atoms with Crippen molar-refractivity contribution in [2.45, 2.75) is 334 Å². The Bertz CT molecular complexity index is 1030. The highest BCUT2D eigenvalue weighted by atomic mass is 16.5. The summed E-state index contributed by atoms with van der Waals surface area (Å²) in [4.78, 5) is 24.5. The summed E-state index contributed by atoms with van der Waals surface area (Å²) < 4.78 is 5.46. The lowest BCUT2D eigenvalue weighted by molar-refractivity contribution is -0.143. The summed E-state index contributed by atoms with van der Waals surface area (Å²) in [6.07, 6.45) is 67.6. The molecule has 6 heteroatoms. The molecule has 0 spiro atoms. The normalized spacial score (nSPS) is 12.7. The number of hydrogen-bond donors (Lipinski definition) is 3. The van der Waals surface area contributed by atoms with Gasteiger partial charge < -0.3 is 20.3 Å². The molecule has 0 aliphatic rings. The molecular formula is C60H115NO5. The molecule has 0 bridgehead atoms. The fraction of sp³-hybridized carbons (Fsp3) is 0.900. The van der Waals surface area contributed by atoms with E-state index >= 15 is 0 Å². The Morgan fingerprint density at radius 3 is 1.18 bits per heavy atom. The lowest BCUT2D eigenvalue weighted by Gasteiger charge is -2.22. The maximum absolute atomic E-state index is 12.5. The van der Waals surface area contributed by atoms with Gasteiger partial charge in [-0.25, -0.2) is 0 Å². The maximum Gasteiger partial charge on any atom is 0.305 e. The molecule has 390 valence electrons. The molecule has 0 fully saturated rings. The van der Waals surface area contributed by atoms with Crippen LogP contribution < -0.4 is 5.32 Å². The Hall–Kier alpha value is -1.66. The molecule has 0 saturated heterocycles. The van der Waals surface area contributed by atoms with Gasteiger partial charge in [-0.2, -0.15) is 0 Å². The van der Waals surface area contributed by atoms with E-state index in [-0.39, 0.29) is 18.5 Å². The number of carbonyl (C=O) groups is 2. The molecule has 0 heterocycles. The SMILES string of the molecule is CCCCCCCCCCCCCCCCCCCCCCCC(O)C(CO)NC(=O)CC/C=C\C/C=C\CCCCCCCCOC(=O)CCCCCCCCCCCCCCCCC. The maximum atomic E-state index is 12.5. The van der Waals surface area contributed by atoms with Gasteiger partial charge in [-0.3, -0.25) is 9.59 Å². The van der Waals surface area contributed by atoms with Gasteiger partial charge in [0.15, 0.2) is 0 Å². The third-order valence-electron chi connectivity index (χ3n) is 13.8. The minimum atomic E-state index is -0.699. The molecule has 0 aromatic carbocycles. The van der Waals surface area contributed by atoms with Crippen LogP contribution in [0.2, 0.25) is 0 Å². The van der Waals surface area contributed by atoms with Gasteiger partial charge in [-0.05, 0) is 44.9 Å². The number of nitrogens with one attached hydrogen (secondary N) is 1. The van der Waals surface area contributed by atoms with Crippen molar-refractivity contribution in [1.82, 2.24) is 5.32 Å². The molecule has 0 radical (unpaired) electrons. The molecule has 0 aliphatic carbocycles. The fourth-order valence-corrected chi connectivity index (χ4v) is 9.22. The van der Waals surface area contributed by atoms with E-state index < -0.39 is 12.1 Å². The molecule has 2 unspecified atom stereocenters. The quantitative estimate of drug-likeness (QED) is 0.0321. The van der Waals surface area contributed by atoms with E-state index in [0.717, 1.165) is 51.4 Å². The summed E-state index contributed by atoms with van der Waals surface area (Å²) >= 11 is 0. The van der Waals surface area contributed by atoms with E-state index in [4.69, 9.17) is 4.74 Å². The van der Waals surface area contributed by atoms with E-state index in [1.54, 1.807) is 0 Å². The van der Waals surface area contributed by atoms with Gasteiger partial charge in [0, 0.05) is 12.8 Å². The standard InChI is InChI=1S/C60H115NO5/c1-3-5-7-9-11-13-15-17-19-20-21-22-23-24-26-28-32-36-40-44-48-52-58(63)57(56-62)61-59(64)53-49-45-41-37-33-29-27-31-35-39-43-47-51-55-66-60(65)54-50-46-42-38-34-30-25-18-16-14-12-10-8-6-4-2/h29,33,41,45,57-58,62-63H,3-28,30-32,34-40,42-44,46-56H2,1-2H3,(H,61,64)/b33-29-,45-41-. The summed E-state index contributed by atoms with van der Waals surface area (Å²) in [6, 6.07) is -0.586. The third-order valence-corrected chi connectivity index (χ3v) is 13.8. The van der Waals surface area contributed by atoms with Crippen LogP contribution in [-0.2, 0) is 14.3 Å². The lowest BCUT2D eigenvalue weighted by Crippen LogP contribution is -2.45. The van der Waals surface area contributed by atoms with Gasteiger partial charge in [0.25, 0.3) is 0 Å². The van der Waals surface area contributed by atoms with Crippen molar-refractivity contribution in [2.75, 3.05) is 13.2 Å². The first-order chi connectivity index (χ1) is 32.5. The molecule has 66 heavy (non-hydrogen) atoms. The molecule has 0 aromatic heterocycles. The Kier molecular flexibility index (Phi) is 54.5. The van der Waals surface area contributed by atoms with E-state index in [9.17, 15) is 19.8 Å². The molecule has 0 aromatic rings. The lowest BCUT2D eigenvalue weighted by atomic mass is 10.0. The number of carbonyl (C=O) groups excluding carboxylic acids is 2. The first-order valence-electron chi connectivity index (χ1n) is 29.6. The number of unbranched alkanes of at least 4 members (excludes halogenated alkanes) is 40. The average molecular weight is 931 g/mol. The van der Waals surface area contributed by atoms with Crippen LogP contribution >= 0.6 is 0 Å². The topological polar surface area (TPSA) is 95.9 Å². The minimum absolute atomic E-state index is 0.0134. The summed E-state index contributed by atoms with van der Waals surface area (Å²) in [5.74, 6) is -0.126. The van der Waals surface area contributed by atoms with E-state index in [1.807, 2.05) is 6.08 Å². The van der Waals surface area contributed by atoms with Crippen LogP contribution in [0.3, 0.4) is 0 Å². The Morgan fingerprint density at radius 2 is 0.773 bits per heavy atom. The van der Waals surface area contributed by atoms with E-state index in [1.165, 1.54) is 231 Å². The third kappa shape index (κ3) is 51.7. The number of amides is 1. The van der Waals surface area contributed by atoms with Gasteiger partial charge in [-0.1, -0.05) is 289 Å². The highest BCUT2D eigenvalue weighted by Gasteiger charge is 2.19. The second-order valence-electron chi connectivity index (χ2n) is 20.3. The zero-order valence-electron chi connectivity index (χ0n) is 44.4. The Balaban J connectivity index is 3.52. The zero-order valence-corrected chi connectivity index (χ0v) is 44.4. The number of aliphatic hydroxyl groups is 2. The number of hydrogen-bond acceptors (Lipinski definition) is 5. The zero-order chi connectivity index (χ0) is 47.9. The first kappa shape index (κ1) is 64.3. The molecule has 0 rings (SSSR count).